The highest BCUT2D eigenvalue weighted by Crippen LogP contribution is 2.66. The molecule has 248 valence electrons. The van der Waals surface area contributed by atoms with E-state index in [1.165, 1.54) is 0 Å². The summed E-state index contributed by atoms with van der Waals surface area (Å²) in [6.07, 6.45) is 0. The van der Waals surface area contributed by atoms with Crippen LogP contribution in [-0.4, -0.2) is 73.8 Å². The van der Waals surface area contributed by atoms with Crippen LogP contribution < -0.4 is 0 Å². The molecule has 0 aromatic heterocycles. The molecule has 0 aliphatic carbocycles. The molecule has 0 spiro atoms. The van der Waals surface area contributed by atoms with Crippen molar-refractivity contribution in [2.75, 3.05) is 26.2 Å². The fraction of sp³-hybridized carbons (Fsp3) is 0.333. The van der Waals surface area contributed by atoms with Crippen molar-refractivity contribution in [1.82, 2.24) is 18.7 Å². The van der Waals surface area contributed by atoms with Gasteiger partial charge in [0.05, 0.1) is 21.9 Å². The third-order valence-corrected chi connectivity index (χ3v) is 14.6. The molecule has 9 rings (SSSR count). The lowest BCUT2D eigenvalue weighted by molar-refractivity contribution is -0.489. The fourth-order valence-electron chi connectivity index (χ4n) is 8.61. The van der Waals surface area contributed by atoms with E-state index in [-0.39, 0.29) is 59.9 Å². The lowest BCUT2D eigenvalue weighted by Gasteiger charge is -2.50. The largest absolute Gasteiger partial charge is 0.265 e. The van der Waals surface area contributed by atoms with Gasteiger partial charge in [-0.05, 0) is 38.1 Å². The molecule has 12 heteroatoms. The summed E-state index contributed by atoms with van der Waals surface area (Å²) in [5.41, 5.74) is 1.26. The molecule has 4 aromatic rings. The van der Waals surface area contributed by atoms with E-state index in [0.29, 0.717) is 0 Å². The van der Waals surface area contributed by atoms with E-state index in [0.717, 1.165) is 22.3 Å². The number of hydrogen-bond acceptors (Lipinski definition) is 8. The molecule has 5 heterocycles. The van der Waals surface area contributed by atoms with Crippen molar-refractivity contribution in [2.45, 2.75) is 47.2 Å². The van der Waals surface area contributed by atoms with E-state index < -0.39 is 31.5 Å². The minimum Gasteiger partial charge on any atom is -0.265 e. The van der Waals surface area contributed by atoms with Crippen molar-refractivity contribution in [1.29, 1.82) is 0 Å². The van der Waals surface area contributed by atoms with Gasteiger partial charge in [-0.2, -0.15) is 8.61 Å². The van der Waals surface area contributed by atoms with Crippen LogP contribution in [0, 0.1) is 25.7 Å². The van der Waals surface area contributed by atoms with E-state index in [2.05, 4.69) is 0 Å². The summed E-state index contributed by atoms with van der Waals surface area (Å²) in [6, 6.07) is 32.8. The maximum atomic E-state index is 14.1. The summed E-state index contributed by atoms with van der Waals surface area (Å²) in [4.78, 5) is 14.8. The molecule has 0 amide bonds. The second-order valence-corrected chi connectivity index (χ2v) is 17.5. The molecule has 10 nitrogen and oxygen atoms in total. The molecule has 0 N–H and O–H groups in total. The summed E-state index contributed by atoms with van der Waals surface area (Å²) >= 11 is 0. The van der Waals surface area contributed by atoms with E-state index in [9.17, 15) is 16.8 Å². The smallest absolute Gasteiger partial charge is 0.243 e. The third-order valence-electron chi connectivity index (χ3n) is 10.9. The van der Waals surface area contributed by atoms with Crippen molar-refractivity contribution in [3.8, 4) is 0 Å². The number of hydroxylamine groups is 4. The number of benzene rings is 4. The van der Waals surface area contributed by atoms with Crippen LogP contribution in [0.5, 0.6) is 0 Å². The molecular formula is C36H36N4O6S2. The lowest BCUT2D eigenvalue weighted by atomic mass is 9.80. The maximum Gasteiger partial charge on any atom is 0.243 e. The molecule has 5 aliphatic heterocycles. The molecule has 4 bridgehead atoms. The van der Waals surface area contributed by atoms with E-state index in [1.807, 2.05) is 109 Å². The average molecular weight is 685 g/mol. The molecular weight excluding hydrogens is 649 g/mol. The first-order valence-corrected chi connectivity index (χ1v) is 19.2. The summed E-state index contributed by atoms with van der Waals surface area (Å²) in [6.45, 7) is 4.68. The Balaban J connectivity index is 1.19. The molecule has 0 saturated carbocycles. The molecule has 5 saturated heterocycles. The first-order valence-electron chi connectivity index (χ1n) is 16.3. The van der Waals surface area contributed by atoms with Crippen molar-refractivity contribution in [2.24, 2.45) is 11.8 Å². The van der Waals surface area contributed by atoms with Gasteiger partial charge in [-0.15, -0.1) is 10.1 Å². The second kappa shape index (κ2) is 10.5. The van der Waals surface area contributed by atoms with Crippen LogP contribution in [0.3, 0.4) is 0 Å². The highest BCUT2D eigenvalue weighted by Gasteiger charge is 2.80. The highest BCUT2D eigenvalue weighted by molar-refractivity contribution is 7.89. The van der Waals surface area contributed by atoms with Gasteiger partial charge in [0.2, 0.25) is 20.0 Å². The van der Waals surface area contributed by atoms with Gasteiger partial charge in [0.15, 0.2) is 11.4 Å². The molecule has 5 aliphatic rings. The van der Waals surface area contributed by atoms with Crippen LogP contribution in [0.2, 0.25) is 0 Å². The quantitative estimate of drug-likeness (QED) is 0.298. The average Bonchev–Trinajstić information content (AvgIpc) is 3.86. The highest BCUT2D eigenvalue weighted by atomic mass is 32.2. The Bertz CT molecular complexity index is 1950. The first-order chi connectivity index (χ1) is 23.1. The van der Waals surface area contributed by atoms with Gasteiger partial charge in [-0.1, -0.05) is 96.1 Å². The molecule has 2 unspecified atom stereocenters. The zero-order valence-electron chi connectivity index (χ0n) is 26.6. The van der Waals surface area contributed by atoms with E-state index >= 15 is 0 Å². The summed E-state index contributed by atoms with van der Waals surface area (Å²) in [5.74, 6) is -0.677. The van der Waals surface area contributed by atoms with Gasteiger partial charge in [-0.25, -0.2) is 16.8 Å². The first kappa shape index (κ1) is 30.6. The van der Waals surface area contributed by atoms with Gasteiger partial charge in [0.1, 0.15) is 0 Å². The molecule has 48 heavy (non-hydrogen) atoms. The molecule has 5 fully saturated rings. The zero-order valence-corrected chi connectivity index (χ0v) is 28.2. The number of fused-ring (bicyclic) bond motifs is 2. The Kier molecular flexibility index (Phi) is 6.70. The van der Waals surface area contributed by atoms with Gasteiger partial charge in [0.25, 0.3) is 0 Å². The lowest BCUT2D eigenvalue weighted by Crippen LogP contribution is -2.60. The Hall–Kier alpha value is -3.46. The number of nitrogens with zero attached hydrogens (tertiary/aromatic N) is 4. The van der Waals surface area contributed by atoms with Crippen molar-refractivity contribution in [3.63, 3.8) is 0 Å². The Morgan fingerprint density at radius 1 is 0.521 bits per heavy atom. The Labute approximate surface area is 281 Å². The predicted octanol–water partition coefficient (Wildman–Crippen LogP) is 4.20. The van der Waals surface area contributed by atoms with Crippen LogP contribution >= 0.6 is 0 Å². The molecule has 0 radical (unpaired) electrons. The Morgan fingerprint density at radius 2 is 0.875 bits per heavy atom. The van der Waals surface area contributed by atoms with E-state index in [4.69, 9.17) is 9.68 Å². The molecule has 8 atom stereocenters. The van der Waals surface area contributed by atoms with Crippen LogP contribution in [0.1, 0.15) is 22.3 Å². The normalized spacial score (nSPS) is 34.3. The zero-order chi connectivity index (χ0) is 33.1. The summed E-state index contributed by atoms with van der Waals surface area (Å²) < 4.78 is 59.6. The number of sulfonamides is 2. The predicted molar refractivity (Wildman–Crippen MR) is 177 cm³/mol. The fourth-order valence-corrected chi connectivity index (χ4v) is 11.6. The standard InChI is InChI=1S/C36H36N4O6S2/c1-25-13-17-29(18-14-25)47(41,42)37-21-31-33(23-37)39-36(28-11-7-4-8-12-28)32-22-38(48(43,44)30-19-15-26(2)16-20-30)24-34(32)40(46-36)35(31,45-39)27-9-5-3-6-10-27/h3-20,31-34H,21-24H2,1-2H3/t31-,32+,33+,34-,35-,36+. The molecule has 4 aromatic carbocycles. The third kappa shape index (κ3) is 4.06. The van der Waals surface area contributed by atoms with Crippen molar-refractivity contribution >= 4 is 20.0 Å². The second-order valence-electron chi connectivity index (χ2n) is 13.6. The number of rotatable bonds is 6. The number of aryl methyl sites for hydroxylation is 2. The monoisotopic (exact) mass is 684 g/mol. The van der Waals surface area contributed by atoms with Crippen molar-refractivity contribution < 1.29 is 26.5 Å². The minimum atomic E-state index is -3.81. The van der Waals surface area contributed by atoms with Crippen LogP contribution in [-0.2, 0) is 41.2 Å². The van der Waals surface area contributed by atoms with Gasteiger partial charge >= 0.3 is 0 Å². The summed E-state index contributed by atoms with van der Waals surface area (Å²) in [7, 11) is -7.63. The van der Waals surface area contributed by atoms with Crippen molar-refractivity contribution in [3.05, 3.63) is 131 Å². The SMILES string of the molecule is Cc1ccc(S(=O)(=O)N2C[C@@H]3[C@H](C2)N2O[C@@]3(c3ccccc3)N3O[C@@]2(c2ccccc2)[C@H]2CN(S(=O)(=O)c4ccc(C)cc4)C[C@H]23)cc1. The van der Waals surface area contributed by atoms with Gasteiger partial charge in [-0.3, -0.25) is 9.68 Å². The topological polar surface area (TPSA) is 99.7 Å². The maximum absolute atomic E-state index is 14.1. The van der Waals surface area contributed by atoms with Crippen LogP contribution in [0.4, 0.5) is 0 Å². The number of hydrogen-bond donors (Lipinski definition) is 0. The van der Waals surface area contributed by atoms with Gasteiger partial charge < -0.3 is 0 Å². The van der Waals surface area contributed by atoms with E-state index in [1.54, 1.807) is 32.9 Å². The summed E-state index contributed by atoms with van der Waals surface area (Å²) in [5, 5.41) is 3.79. The van der Waals surface area contributed by atoms with Crippen LogP contribution in [0.25, 0.3) is 0 Å². The van der Waals surface area contributed by atoms with Crippen LogP contribution in [0.15, 0.2) is 119 Å². The minimum absolute atomic E-state index is 0.198. The van der Waals surface area contributed by atoms with Gasteiger partial charge in [0, 0.05) is 49.1 Å². The Morgan fingerprint density at radius 3 is 1.23 bits per heavy atom.